The molecule has 0 bridgehead atoms. The zero-order chi connectivity index (χ0) is 30.1. The smallest absolute Gasteiger partial charge is 0.179 e. The predicted molar refractivity (Wildman–Crippen MR) is 163 cm³/mol. The molecule has 0 fully saturated rings. The summed E-state index contributed by atoms with van der Waals surface area (Å²) in [6.07, 6.45) is 0. The van der Waals surface area contributed by atoms with Gasteiger partial charge >= 0.3 is 0 Å². The molecule has 0 radical (unpaired) electrons. The summed E-state index contributed by atoms with van der Waals surface area (Å²) in [6, 6.07) is 33.5. The molecule has 17 heteroatoms. The van der Waals surface area contributed by atoms with Crippen LogP contribution in [0.2, 0.25) is 0 Å². The topological polar surface area (TPSA) is 218 Å². The summed E-state index contributed by atoms with van der Waals surface area (Å²) in [5.41, 5.74) is 3.50. The molecule has 0 saturated heterocycles. The first-order valence-electron chi connectivity index (χ1n) is 13.7. The molecule has 0 unspecified atom stereocenters. The molecule has 4 heterocycles. The van der Waals surface area contributed by atoms with Crippen molar-refractivity contribution in [3.63, 3.8) is 0 Å². The first kappa shape index (κ1) is 26.0. The lowest BCUT2D eigenvalue weighted by Gasteiger charge is -2.34. The number of nitrogens with zero attached hydrogens (tertiary/aromatic N) is 12. The average Bonchev–Trinajstić information content (AvgIpc) is 3.95. The quantitative estimate of drug-likeness (QED) is 0.130. The molecule has 216 valence electrons. The van der Waals surface area contributed by atoms with Crippen LogP contribution in [0.15, 0.2) is 97.1 Å². The van der Waals surface area contributed by atoms with Crippen LogP contribution in [0, 0.1) is 0 Å². The molecule has 0 atom stereocenters. The summed E-state index contributed by atoms with van der Waals surface area (Å²) in [5.74, 6) is 2.37. The van der Waals surface area contributed by atoms with Crippen molar-refractivity contribution in [1.29, 1.82) is 0 Å². The molecule has 45 heavy (non-hydrogen) atoms. The maximum atomic E-state index is 4.09. The van der Waals surface area contributed by atoms with E-state index in [4.69, 9.17) is 0 Å². The number of aromatic nitrogens is 16. The van der Waals surface area contributed by atoms with E-state index in [9.17, 15) is 0 Å². The van der Waals surface area contributed by atoms with Gasteiger partial charge in [0.25, 0.3) is 0 Å². The minimum Gasteiger partial charge on any atom is -0.239 e. The van der Waals surface area contributed by atoms with E-state index in [-0.39, 0.29) is 0 Å². The Balaban J connectivity index is 1.35. The molecule has 16 nitrogen and oxygen atoms in total. The highest BCUT2D eigenvalue weighted by Gasteiger charge is 2.41. The van der Waals surface area contributed by atoms with E-state index in [0.29, 0.717) is 23.3 Å². The fourth-order valence-corrected chi connectivity index (χ4v) is 10.3. The van der Waals surface area contributed by atoms with Gasteiger partial charge in [-0.1, -0.05) is 97.1 Å². The Bertz CT molecular complexity index is 1790. The number of benzene rings is 4. The molecular weight excluding hydrogens is 589 g/mol. The van der Waals surface area contributed by atoms with Gasteiger partial charge in [-0.05, 0) is 62.5 Å². The summed E-state index contributed by atoms with van der Waals surface area (Å²) in [7, 11) is -2.98. The summed E-state index contributed by atoms with van der Waals surface area (Å²) >= 11 is 0. The second kappa shape index (κ2) is 10.9. The lowest BCUT2D eigenvalue weighted by Crippen LogP contribution is -2.74. The number of aromatic amines is 4. The van der Waals surface area contributed by atoms with Gasteiger partial charge in [0.2, 0.25) is 0 Å². The van der Waals surface area contributed by atoms with E-state index < -0.39 is 8.07 Å². The normalized spacial score (nSPS) is 11.6. The highest BCUT2D eigenvalue weighted by molar-refractivity contribution is 7.19. The Hall–Kier alpha value is -6.62. The molecule has 8 rings (SSSR count). The first-order valence-corrected chi connectivity index (χ1v) is 15.7. The van der Waals surface area contributed by atoms with Gasteiger partial charge in [-0.15, -0.1) is 20.4 Å². The monoisotopic (exact) mass is 608 g/mol. The van der Waals surface area contributed by atoms with Crippen LogP contribution in [-0.2, 0) is 0 Å². The number of H-pyrrole nitrogens is 4. The van der Waals surface area contributed by atoms with Crippen molar-refractivity contribution in [2.24, 2.45) is 0 Å². The zero-order valence-corrected chi connectivity index (χ0v) is 24.1. The van der Waals surface area contributed by atoms with Gasteiger partial charge in [0.1, 0.15) is 0 Å². The summed E-state index contributed by atoms with van der Waals surface area (Å²) in [4.78, 5) is 0. The minimum absolute atomic E-state index is 0.592. The molecule has 0 saturated carbocycles. The minimum atomic E-state index is -2.98. The average molecular weight is 609 g/mol. The van der Waals surface area contributed by atoms with Gasteiger partial charge in [0.15, 0.2) is 31.4 Å². The molecule has 0 aliphatic heterocycles. The van der Waals surface area contributed by atoms with Crippen LogP contribution in [0.5, 0.6) is 0 Å². The molecule has 0 aliphatic carbocycles. The number of nitrogens with one attached hydrogen (secondary N) is 4. The number of rotatable bonds is 8. The second-order valence-corrected chi connectivity index (χ2v) is 13.9. The van der Waals surface area contributed by atoms with E-state index >= 15 is 0 Å². The maximum absolute atomic E-state index is 4.09. The fourth-order valence-electron chi connectivity index (χ4n) is 5.64. The van der Waals surface area contributed by atoms with Crippen LogP contribution in [0.4, 0.5) is 0 Å². The van der Waals surface area contributed by atoms with E-state index in [1.807, 2.05) is 48.5 Å². The summed E-state index contributed by atoms with van der Waals surface area (Å²) in [6.45, 7) is 0. The molecule has 4 N–H and O–H groups in total. The summed E-state index contributed by atoms with van der Waals surface area (Å²) < 4.78 is 0. The van der Waals surface area contributed by atoms with Gasteiger partial charge < -0.3 is 0 Å². The standard InChI is InChI=1S/C28H20N16Si/c1-9-21(10-2-17(1)25-29-37-38-30-25)45(22-11-3-18(4-12-22)26-31-39-40-32-26,23-13-5-19(6-14-23)27-33-41-42-34-27)24-15-7-20(8-16-24)28-35-43-44-36-28/h1-16H,(H,29,30,37,38)(H,31,32,39,40)(H,33,34,41,42)(H,35,36,43,44). The van der Waals surface area contributed by atoms with Gasteiger partial charge in [-0.25, -0.2) is 20.4 Å². The lowest BCUT2D eigenvalue weighted by atomic mass is 10.2. The third kappa shape index (κ3) is 4.55. The van der Waals surface area contributed by atoms with Crippen LogP contribution < -0.4 is 20.7 Å². The Labute approximate surface area is 253 Å². The highest BCUT2D eigenvalue weighted by Crippen LogP contribution is 2.20. The van der Waals surface area contributed by atoms with Crippen LogP contribution in [0.1, 0.15) is 0 Å². The Kier molecular flexibility index (Phi) is 6.30. The molecule has 4 aromatic carbocycles. The molecule has 0 aliphatic rings. The van der Waals surface area contributed by atoms with Crippen molar-refractivity contribution in [2.45, 2.75) is 0 Å². The van der Waals surface area contributed by atoms with Crippen molar-refractivity contribution < 1.29 is 0 Å². The Morgan fingerprint density at radius 1 is 0.311 bits per heavy atom. The Morgan fingerprint density at radius 2 is 0.533 bits per heavy atom. The van der Waals surface area contributed by atoms with Gasteiger partial charge in [0.05, 0.1) is 0 Å². The fraction of sp³-hybridized carbons (Fsp3) is 0. The van der Waals surface area contributed by atoms with E-state index in [1.165, 1.54) is 0 Å². The second-order valence-electron chi connectivity index (χ2n) is 10.1. The zero-order valence-electron chi connectivity index (χ0n) is 23.1. The van der Waals surface area contributed by atoms with E-state index in [1.54, 1.807) is 0 Å². The van der Waals surface area contributed by atoms with Crippen molar-refractivity contribution in [2.75, 3.05) is 0 Å². The van der Waals surface area contributed by atoms with Crippen molar-refractivity contribution >= 4 is 28.8 Å². The van der Waals surface area contributed by atoms with E-state index in [2.05, 4.69) is 131 Å². The molecule has 8 aromatic rings. The highest BCUT2D eigenvalue weighted by atomic mass is 28.3. The molecule has 0 spiro atoms. The Morgan fingerprint density at radius 3 is 0.711 bits per heavy atom. The van der Waals surface area contributed by atoms with Crippen molar-refractivity contribution in [1.82, 2.24) is 82.5 Å². The third-order valence-corrected chi connectivity index (χ3v) is 12.5. The number of tetrazole rings is 4. The SMILES string of the molecule is c1cc([Si](c2ccc(-c3nnn[nH]3)cc2)(c2ccc(-c3nnn[nH]3)cc2)c2ccc(-c3nnn[nH]3)cc2)ccc1-c1nnn[nH]1. The van der Waals surface area contributed by atoms with Crippen molar-refractivity contribution in [3.05, 3.63) is 97.1 Å². The van der Waals surface area contributed by atoms with Crippen LogP contribution in [0.25, 0.3) is 45.6 Å². The van der Waals surface area contributed by atoms with Gasteiger partial charge in [0, 0.05) is 22.3 Å². The van der Waals surface area contributed by atoms with Crippen LogP contribution in [0.3, 0.4) is 0 Å². The molecule has 0 amide bonds. The first-order chi connectivity index (χ1) is 22.3. The molecular formula is C28H20N16Si. The number of hydrogen-bond donors (Lipinski definition) is 4. The van der Waals surface area contributed by atoms with Crippen LogP contribution >= 0.6 is 0 Å². The predicted octanol–water partition coefficient (Wildman–Crippen LogP) is -0.216. The third-order valence-electron chi connectivity index (χ3n) is 7.75. The van der Waals surface area contributed by atoms with E-state index in [0.717, 1.165) is 43.0 Å². The van der Waals surface area contributed by atoms with Crippen LogP contribution in [-0.4, -0.2) is 90.6 Å². The molecule has 4 aromatic heterocycles. The van der Waals surface area contributed by atoms with Gasteiger partial charge in [-0.2, -0.15) is 0 Å². The van der Waals surface area contributed by atoms with Crippen molar-refractivity contribution in [3.8, 4) is 45.6 Å². The maximum Gasteiger partial charge on any atom is 0.179 e. The lowest BCUT2D eigenvalue weighted by molar-refractivity contribution is 0.881. The number of hydrogen-bond acceptors (Lipinski definition) is 12. The summed E-state index contributed by atoms with van der Waals surface area (Å²) in [5, 5.41) is 62.3. The largest absolute Gasteiger partial charge is 0.239 e. The van der Waals surface area contributed by atoms with Gasteiger partial charge in [-0.3, -0.25) is 0 Å².